The van der Waals surface area contributed by atoms with Crippen LogP contribution in [-0.2, 0) is 29.8 Å². The third kappa shape index (κ3) is 8.13. The first-order valence-corrected chi connectivity index (χ1v) is 18.2. The number of hydrogen-bond donors (Lipinski definition) is 4. The van der Waals surface area contributed by atoms with Crippen LogP contribution in [0.2, 0.25) is 0 Å². The normalized spacial score (nSPS) is 21.3. The molecule has 15 nitrogen and oxygen atoms in total. The van der Waals surface area contributed by atoms with E-state index in [-0.39, 0.29) is 56.6 Å². The van der Waals surface area contributed by atoms with E-state index >= 15 is 0 Å². The standard InChI is InChI=1S/C35H26N4O11S2/c40-31-17-23-13-27(51(45,46)47)9-7-19(23)15-29(31)38-33(42)21-3-1-5-25(11-21)36-35(44)37-26-6-2-4-22(12-26)34(43)39-30-16-20-8-10-28(52(48,49)50)14-24(20)18-32(30)41/h1-16,23-24H,17-18H2,(H2,36,37,44)(H,45,46,47)(H,48,49,50). The minimum atomic E-state index is -4.45. The molecule has 4 aliphatic carbocycles. The largest absolute Gasteiger partial charge is 0.323 e. The maximum atomic E-state index is 13.0. The number of carbonyl (C=O) groups excluding carboxylic acids is 5. The highest BCUT2D eigenvalue weighted by atomic mass is 32.2. The minimum absolute atomic E-state index is 0.0511. The Morgan fingerprint density at radius 3 is 1.42 bits per heavy atom. The third-order valence-corrected chi connectivity index (χ3v) is 9.97. The Balaban J connectivity index is 1.10. The number of fused-ring (bicyclic) bond motifs is 2. The van der Waals surface area contributed by atoms with Gasteiger partial charge < -0.3 is 10.6 Å². The van der Waals surface area contributed by atoms with Crippen LogP contribution in [0.25, 0.3) is 0 Å². The van der Waals surface area contributed by atoms with Crippen molar-refractivity contribution >= 4 is 72.4 Å². The average molecular weight is 743 g/mol. The topological polar surface area (TPSA) is 243 Å². The lowest BCUT2D eigenvalue weighted by atomic mass is 9.83. The Kier molecular flexibility index (Phi) is 9.61. The zero-order valence-corrected chi connectivity index (χ0v) is 28.2. The van der Waals surface area contributed by atoms with Gasteiger partial charge in [-0.25, -0.2) is 14.8 Å². The minimum Gasteiger partial charge on any atom is -0.308 e. The average Bonchev–Trinajstić information content (AvgIpc) is 3.07. The van der Waals surface area contributed by atoms with E-state index in [9.17, 15) is 49.9 Å². The van der Waals surface area contributed by atoms with Gasteiger partial charge in [-0.2, -0.15) is 16.8 Å². The summed E-state index contributed by atoms with van der Waals surface area (Å²) in [5.41, 5.74) is 1.31. The fourth-order valence-corrected chi connectivity index (χ4v) is 6.84. The van der Waals surface area contributed by atoms with Crippen molar-refractivity contribution in [2.75, 3.05) is 10.6 Å². The number of nitrogens with zero attached hydrogens (tertiary/aromatic N) is 2. The molecule has 52 heavy (non-hydrogen) atoms. The Morgan fingerprint density at radius 1 is 0.635 bits per heavy atom. The van der Waals surface area contributed by atoms with Crippen LogP contribution in [0.5, 0.6) is 0 Å². The van der Waals surface area contributed by atoms with E-state index in [1.165, 1.54) is 97.1 Å². The van der Waals surface area contributed by atoms with Crippen LogP contribution in [-0.4, -0.2) is 66.8 Å². The fourth-order valence-electron chi connectivity index (χ4n) is 5.69. The van der Waals surface area contributed by atoms with E-state index in [1.54, 1.807) is 0 Å². The third-order valence-electron chi connectivity index (χ3n) is 8.23. The summed E-state index contributed by atoms with van der Waals surface area (Å²) >= 11 is 0. The van der Waals surface area contributed by atoms with Gasteiger partial charge in [0.05, 0.1) is 9.81 Å². The molecule has 2 atom stereocenters. The molecule has 4 N–H and O–H groups in total. The van der Waals surface area contributed by atoms with Crippen molar-refractivity contribution in [2.45, 2.75) is 12.8 Å². The number of amides is 4. The summed E-state index contributed by atoms with van der Waals surface area (Å²) in [4.78, 5) is 71.4. The molecule has 4 aliphatic rings. The van der Waals surface area contributed by atoms with Crippen LogP contribution >= 0.6 is 0 Å². The molecule has 0 saturated heterocycles. The second kappa shape index (κ2) is 14.0. The highest BCUT2D eigenvalue weighted by Gasteiger charge is 2.30. The molecule has 264 valence electrons. The first-order chi connectivity index (χ1) is 24.5. The first kappa shape index (κ1) is 35.8. The summed E-state index contributed by atoms with van der Waals surface area (Å²) in [6.45, 7) is 0. The lowest BCUT2D eigenvalue weighted by Gasteiger charge is -2.22. The van der Waals surface area contributed by atoms with Gasteiger partial charge in [0.1, 0.15) is 11.4 Å². The zero-order chi connectivity index (χ0) is 37.4. The number of carbonyl (C=O) groups is 5. The van der Waals surface area contributed by atoms with E-state index in [2.05, 4.69) is 20.6 Å². The summed E-state index contributed by atoms with van der Waals surface area (Å²) < 4.78 is 64.4. The van der Waals surface area contributed by atoms with Crippen LogP contribution in [0, 0.1) is 11.8 Å². The quantitative estimate of drug-likeness (QED) is 0.306. The predicted octanol–water partition coefficient (Wildman–Crippen LogP) is 4.21. The van der Waals surface area contributed by atoms with Gasteiger partial charge in [0.2, 0.25) is 0 Å². The molecular weight excluding hydrogens is 717 g/mol. The molecule has 0 radical (unpaired) electrons. The highest BCUT2D eigenvalue weighted by molar-refractivity contribution is 7.90. The number of anilines is 2. The van der Waals surface area contributed by atoms with E-state index < -0.39 is 61.5 Å². The molecule has 6 rings (SSSR count). The summed E-state index contributed by atoms with van der Waals surface area (Å²) in [6, 6.07) is 10.8. The van der Waals surface area contributed by atoms with E-state index in [4.69, 9.17) is 0 Å². The molecule has 0 bridgehead atoms. The Labute approximate surface area is 296 Å². The number of rotatable bonds is 6. The Hall–Kier alpha value is -6.01. The molecule has 0 fully saturated rings. The number of Topliss-reactive ketones (excluding diaryl/α,β-unsaturated/α-hetero) is 2. The van der Waals surface area contributed by atoms with Gasteiger partial charge in [0.15, 0.2) is 11.6 Å². The van der Waals surface area contributed by atoms with E-state index in [0.717, 1.165) is 0 Å². The zero-order valence-electron chi connectivity index (χ0n) is 26.6. The second-order valence-electron chi connectivity index (χ2n) is 11.9. The summed E-state index contributed by atoms with van der Waals surface area (Å²) in [6.07, 6.45) is 10.2. The second-order valence-corrected chi connectivity index (χ2v) is 14.7. The smallest absolute Gasteiger partial charge is 0.308 e. The molecule has 17 heteroatoms. The van der Waals surface area contributed by atoms with Gasteiger partial charge >= 0.3 is 6.03 Å². The van der Waals surface area contributed by atoms with Crippen molar-refractivity contribution in [1.82, 2.24) is 0 Å². The summed E-state index contributed by atoms with van der Waals surface area (Å²) in [7, 11) is -8.89. The van der Waals surface area contributed by atoms with Gasteiger partial charge in [-0.15, -0.1) is 0 Å². The summed E-state index contributed by atoms with van der Waals surface area (Å²) in [5, 5.41) is 5.13. The molecule has 0 aliphatic heterocycles. The number of ketones is 2. The van der Waals surface area contributed by atoms with Crippen molar-refractivity contribution in [2.24, 2.45) is 21.8 Å². The van der Waals surface area contributed by atoms with Crippen molar-refractivity contribution in [3.8, 4) is 0 Å². The highest BCUT2D eigenvalue weighted by Crippen LogP contribution is 2.32. The molecule has 0 saturated carbocycles. The molecule has 0 heterocycles. The molecule has 2 aromatic carbocycles. The lowest BCUT2D eigenvalue weighted by Crippen LogP contribution is -2.25. The number of hydrogen-bond acceptors (Lipinski definition) is 9. The van der Waals surface area contributed by atoms with Crippen LogP contribution in [0.15, 0.2) is 128 Å². The van der Waals surface area contributed by atoms with Gasteiger partial charge in [-0.3, -0.25) is 28.3 Å². The molecule has 2 aromatic rings. The molecule has 0 aromatic heterocycles. The number of aliphatic imine (C=N–C) groups is 2. The molecule has 2 unspecified atom stereocenters. The van der Waals surface area contributed by atoms with Gasteiger partial charge in [-0.1, -0.05) is 36.4 Å². The molecule has 0 spiro atoms. The number of benzene rings is 2. The summed E-state index contributed by atoms with van der Waals surface area (Å²) in [5.74, 6) is -3.76. The van der Waals surface area contributed by atoms with Crippen LogP contribution in [0.4, 0.5) is 16.2 Å². The van der Waals surface area contributed by atoms with Crippen molar-refractivity contribution in [3.63, 3.8) is 0 Å². The first-order valence-electron chi connectivity index (χ1n) is 15.3. The number of allylic oxidation sites excluding steroid dienone is 10. The van der Waals surface area contributed by atoms with Gasteiger partial charge in [-0.05, 0) is 71.8 Å². The Bertz CT molecular complexity index is 2300. The monoisotopic (exact) mass is 742 g/mol. The van der Waals surface area contributed by atoms with Crippen LogP contribution < -0.4 is 10.6 Å². The van der Waals surface area contributed by atoms with Crippen molar-refractivity contribution in [1.29, 1.82) is 0 Å². The van der Waals surface area contributed by atoms with Crippen LogP contribution in [0.1, 0.15) is 33.6 Å². The maximum Gasteiger partial charge on any atom is 0.323 e. The Morgan fingerprint density at radius 2 is 1.04 bits per heavy atom. The van der Waals surface area contributed by atoms with E-state index in [1.807, 2.05) is 0 Å². The van der Waals surface area contributed by atoms with Gasteiger partial charge in [0, 0.05) is 47.2 Å². The van der Waals surface area contributed by atoms with Gasteiger partial charge in [0.25, 0.3) is 32.1 Å². The molecular formula is C35H26N4O11S2. The lowest BCUT2D eigenvalue weighted by molar-refractivity contribution is -0.114. The van der Waals surface area contributed by atoms with Crippen molar-refractivity contribution in [3.05, 3.63) is 129 Å². The van der Waals surface area contributed by atoms with Crippen LogP contribution in [0.3, 0.4) is 0 Å². The number of nitrogens with one attached hydrogen (secondary N) is 2. The van der Waals surface area contributed by atoms with E-state index in [0.29, 0.717) is 11.1 Å². The maximum absolute atomic E-state index is 13.0. The SMILES string of the molecule is O=C(Nc1cccc(C(=O)N=C2C=C3C=CC(S(=O)(=O)O)=CC3CC2=O)c1)Nc1cccc(C(=O)N=C2C=C3C=CC(S(=O)(=O)O)=CC3CC2=O)c1. The number of urea groups is 1. The van der Waals surface area contributed by atoms with Crippen molar-refractivity contribution < 1.29 is 49.9 Å². The molecule has 4 amide bonds. The fraction of sp³-hybridized carbons (Fsp3) is 0.114. The predicted molar refractivity (Wildman–Crippen MR) is 189 cm³/mol.